The summed E-state index contributed by atoms with van der Waals surface area (Å²) in [6, 6.07) is 10.3. The molecule has 1 heterocycles. The summed E-state index contributed by atoms with van der Waals surface area (Å²) in [6.07, 6.45) is 6.88. The maximum atomic E-state index is 12.8. The summed E-state index contributed by atoms with van der Waals surface area (Å²) < 4.78 is 11.7. The number of hydrogen-bond donors (Lipinski definition) is 0. The first-order valence-corrected chi connectivity index (χ1v) is 9.19. The standard InChI is InChI=1S/C20H29NO3/c1-19(2)16-24-20(13-7-4-8-14-20)21(19)18(22)23-15-9-12-17-10-5-3-6-11-17/h3,5-6,10-11H,4,7-9,12-16H2,1-2H3. The lowest BCUT2D eigenvalue weighted by molar-refractivity contribution is -0.104. The van der Waals surface area contributed by atoms with Crippen LogP contribution in [0.4, 0.5) is 4.79 Å². The molecule has 2 aliphatic rings. The molecule has 0 unspecified atom stereocenters. The maximum Gasteiger partial charge on any atom is 0.412 e. The second-order valence-electron chi connectivity index (χ2n) is 7.65. The van der Waals surface area contributed by atoms with Gasteiger partial charge in [-0.1, -0.05) is 36.8 Å². The Morgan fingerprint density at radius 3 is 2.58 bits per heavy atom. The first kappa shape index (κ1) is 17.3. The molecule has 1 aliphatic heterocycles. The second-order valence-corrected chi connectivity index (χ2v) is 7.65. The van der Waals surface area contributed by atoms with Crippen molar-refractivity contribution in [3.63, 3.8) is 0 Å². The summed E-state index contributed by atoms with van der Waals surface area (Å²) in [5.74, 6) is 0. The number of ether oxygens (including phenoxy) is 2. The summed E-state index contributed by atoms with van der Waals surface area (Å²) in [5.41, 5.74) is 0.550. The highest BCUT2D eigenvalue weighted by Crippen LogP contribution is 2.44. The third-order valence-corrected chi connectivity index (χ3v) is 5.20. The minimum absolute atomic E-state index is 0.215. The van der Waals surface area contributed by atoms with Crippen LogP contribution in [-0.2, 0) is 15.9 Å². The maximum absolute atomic E-state index is 12.8. The van der Waals surface area contributed by atoms with Crippen molar-refractivity contribution in [2.75, 3.05) is 13.2 Å². The van der Waals surface area contributed by atoms with Crippen LogP contribution in [0.15, 0.2) is 30.3 Å². The minimum Gasteiger partial charge on any atom is -0.449 e. The van der Waals surface area contributed by atoms with E-state index in [0.29, 0.717) is 13.2 Å². The molecule has 0 N–H and O–H groups in total. The fourth-order valence-corrected chi connectivity index (χ4v) is 4.02. The van der Waals surface area contributed by atoms with Gasteiger partial charge in [0.05, 0.1) is 18.8 Å². The predicted octanol–water partition coefficient (Wildman–Crippen LogP) is 4.53. The zero-order chi connectivity index (χ0) is 17.0. The number of hydrogen-bond acceptors (Lipinski definition) is 3. The molecule has 0 atom stereocenters. The topological polar surface area (TPSA) is 38.8 Å². The summed E-state index contributed by atoms with van der Waals surface area (Å²) >= 11 is 0. The van der Waals surface area contributed by atoms with E-state index in [2.05, 4.69) is 26.0 Å². The fourth-order valence-electron chi connectivity index (χ4n) is 4.02. The van der Waals surface area contributed by atoms with Gasteiger partial charge in [-0.2, -0.15) is 0 Å². The molecule has 1 saturated heterocycles. The van der Waals surface area contributed by atoms with E-state index in [0.717, 1.165) is 38.5 Å². The molecule has 24 heavy (non-hydrogen) atoms. The zero-order valence-corrected chi connectivity index (χ0v) is 14.9. The molecule has 0 aromatic heterocycles. The van der Waals surface area contributed by atoms with Crippen LogP contribution in [-0.4, -0.2) is 35.5 Å². The van der Waals surface area contributed by atoms with E-state index in [1.807, 2.05) is 23.1 Å². The van der Waals surface area contributed by atoms with Crippen molar-refractivity contribution in [3.8, 4) is 0 Å². The Balaban J connectivity index is 1.56. The van der Waals surface area contributed by atoms with Crippen LogP contribution in [0.25, 0.3) is 0 Å². The zero-order valence-electron chi connectivity index (χ0n) is 14.9. The van der Waals surface area contributed by atoms with Crippen molar-refractivity contribution in [1.82, 2.24) is 4.90 Å². The van der Waals surface area contributed by atoms with Gasteiger partial charge >= 0.3 is 6.09 Å². The van der Waals surface area contributed by atoms with Gasteiger partial charge in [0, 0.05) is 0 Å². The normalized spacial score (nSPS) is 21.8. The Labute approximate surface area is 145 Å². The lowest BCUT2D eigenvalue weighted by Crippen LogP contribution is -2.56. The molecule has 2 fully saturated rings. The number of carbonyl (C=O) groups excluding carboxylic acids is 1. The number of amides is 1. The van der Waals surface area contributed by atoms with E-state index in [9.17, 15) is 4.79 Å². The summed E-state index contributed by atoms with van der Waals surface area (Å²) in [6.45, 7) is 5.19. The molecular formula is C20H29NO3. The molecule has 4 nitrogen and oxygen atoms in total. The van der Waals surface area contributed by atoms with E-state index >= 15 is 0 Å². The molecule has 1 aromatic carbocycles. The van der Waals surface area contributed by atoms with Gasteiger partial charge in [-0.15, -0.1) is 0 Å². The van der Waals surface area contributed by atoms with E-state index in [1.165, 1.54) is 12.0 Å². The largest absolute Gasteiger partial charge is 0.449 e. The second kappa shape index (κ2) is 7.14. The number of nitrogens with zero attached hydrogens (tertiary/aromatic N) is 1. The summed E-state index contributed by atoms with van der Waals surface area (Å²) in [5, 5.41) is 0. The Hall–Kier alpha value is -1.55. The Bertz CT molecular complexity index is 549. The number of benzene rings is 1. The number of aryl methyl sites for hydroxylation is 1. The van der Waals surface area contributed by atoms with Crippen molar-refractivity contribution in [2.24, 2.45) is 0 Å². The lowest BCUT2D eigenvalue weighted by atomic mass is 9.89. The Kier molecular flexibility index (Phi) is 5.14. The molecule has 0 radical (unpaired) electrons. The van der Waals surface area contributed by atoms with Crippen LogP contribution in [0.5, 0.6) is 0 Å². The van der Waals surface area contributed by atoms with Gasteiger partial charge in [0.15, 0.2) is 0 Å². The van der Waals surface area contributed by atoms with E-state index in [-0.39, 0.29) is 11.6 Å². The van der Waals surface area contributed by atoms with Crippen LogP contribution in [0.3, 0.4) is 0 Å². The summed E-state index contributed by atoms with van der Waals surface area (Å²) in [7, 11) is 0. The monoisotopic (exact) mass is 331 g/mol. The van der Waals surface area contributed by atoms with Crippen LogP contribution in [0.2, 0.25) is 0 Å². The number of rotatable bonds is 4. The fraction of sp³-hybridized carbons (Fsp3) is 0.650. The van der Waals surface area contributed by atoms with Crippen molar-refractivity contribution in [3.05, 3.63) is 35.9 Å². The van der Waals surface area contributed by atoms with Gasteiger partial charge in [0.2, 0.25) is 0 Å². The van der Waals surface area contributed by atoms with Crippen LogP contribution in [0, 0.1) is 0 Å². The van der Waals surface area contributed by atoms with Gasteiger partial charge < -0.3 is 9.47 Å². The van der Waals surface area contributed by atoms with Gasteiger partial charge in [-0.05, 0) is 57.9 Å². The van der Waals surface area contributed by atoms with E-state index in [1.54, 1.807) is 0 Å². The van der Waals surface area contributed by atoms with Gasteiger partial charge in [0.25, 0.3) is 0 Å². The van der Waals surface area contributed by atoms with Crippen molar-refractivity contribution in [2.45, 2.75) is 70.1 Å². The lowest BCUT2D eigenvalue weighted by Gasteiger charge is -2.43. The highest BCUT2D eigenvalue weighted by Gasteiger charge is 2.55. The van der Waals surface area contributed by atoms with Gasteiger partial charge in [-0.25, -0.2) is 4.79 Å². The molecule has 1 saturated carbocycles. The Morgan fingerprint density at radius 1 is 1.17 bits per heavy atom. The molecule has 1 aliphatic carbocycles. The predicted molar refractivity (Wildman–Crippen MR) is 93.8 cm³/mol. The van der Waals surface area contributed by atoms with Crippen LogP contribution in [0.1, 0.15) is 57.9 Å². The van der Waals surface area contributed by atoms with Gasteiger partial charge in [-0.3, -0.25) is 4.90 Å². The minimum atomic E-state index is -0.432. The molecule has 1 spiro atoms. The highest BCUT2D eigenvalue weighted by atomic mass is 16.6. The van der Waals surface area contributed by atoms with E-state index in [4.69, 9.17) is 9.47 Å². The smallest absolute Gasteiger partial charge is 0.412 e. The quantitative estimate of drug-likeness (QED) is 0.761. The molecular weight excluding hydrogens is 302 g/mol. The molecule has 0 bridgehead atoms. The third-order valence-electron chi connectivity index (χ3n) is 5.20. The van der Waals surface area contributed by atoms with Crippen LogP contribution >= 0.6 is 0 Å². The van der Waals surface area contributed by atoms with Crippen molar-refractivity contribution < 1.29 is 14.3 Å². The van der Waals surface area contributed by atoms with Gasteiger partial charge in [0.1, 0.15) is 5.72 Å². The first-order valence-electron chi connectivity index (χ1n) is 9.19. The molecule has 4 heteroatoms. The van der Waals surface area contributed by atoms with Crippen molar-refractivity contribution >= 4 is 6.09 Å². The van der Waals surface area contributed by atoms with E-state index < -0.39 is 5.72 Å². The highest BCUT2D eigenvalue weighted by molar-refractivity contribution is 5.70. The molecule has 132 valence electrons. The average molecular weight is 331 g/mol. The first-order chi connectivity index (χ1) is 11.5. The molecule has 3 rings (SSSR count). The van der Waals surface area contributed by atoms with Crippen molar-refractivity contribution in [1.29, 1.82) is 0 Å². The molecule has 1 aromatic rings. The SMILES string of the molecule is CC1(C)COC2(CCCCC2)N1C(=O)OCCCc1ccccc1. The number of carbonyl (C=O) groups is 1. The molecule has 1 amide bonds. The average Bonchev–Trinajstić information content (AvgIpc) is 2.84. The third kappa shape index (κ3) is 3.59. The Morgan fingerprint density at radius 2 is 1.88 bits per heavy atom. The summed E-state index contributed by atoms with van der Waals surface area (Å²) in [4.78, 5) is 14.7. The van der Waals surface area contributed by atoms with Crippen LogP contribution < -0.4 is 0 Å².